The van der Waals surface area contributed by atoms with Crippen molar-refractivity contribution in [2.24, 2.45) is 0 Å². The summed E-state index contributed by atoms with van der Waals surface area (Å²) in [4.78, 5) is 25.7. The fourth-order valence-electron chi connectivity index (χ4n) is 2.30. The second-order valence-electron chi connectivity index (χ2n) is 5.45. The van der Waals surface area contributed by atoms with E-state index in [1.807, 2.05) is 24.4 Å². The standard InChI is InChI=1S/C18H17FN4O2S/c1-12-22-14(11-26-12)10-25-23-18(24)17-15(19)3-2-4-16(17)21-9-13-5-7-20-8-6-13/h2-8,11,21H,9-10H2,1H3,(H,23,24). The third-order valence-corrected chi connectivity index (χ3v) is 4.35. The average molecular weight is 372 g/mol. The van der Waals surface area contributed by atoms with E-state index in [0.717, 1.165) is 10.6 Å². The summed E-state index contributed by atoms with van der Waals surface area (Å²) >= 11 is 1.49. The van der Waals surface area contributed by atoms with Gasteiger partial charge in [0.05, 0.1) is 16.4 Å². The van der Waals surface area contributed by atoms with Crippen LogP contribution < -0.4 is 10.8 Å². The average Bonchev–Trinajstić information content (AvgIpc) is 3.06. The lowest BCUT2D eigenvalue weighted by atomic mass is 10.1. The largest absolute Gasteiger partial charge is 0.380 e. The normalized spacial score (nSPS) is 10.5. The number of hydroxylamine groups is 1. The summed E-state index contributed by atoms with van der Waals surface area (Å²) in [5.74, 6) is -1.29. The van der Waals surface area contributed by atoms with E-state index >= 15 is 0 Å². The molecule has 0 fully saturated rings. The number of nitrogens with one attached hydrogen (secondary N) is 2. The molecule has 26 heavy (non-hydrogen) atoms. The highest BCUT2D eigenvalue weighted by molar-refractivity contribution is 7.09. The number of halogens is 1. The number of thiazole rings is 1. The highest BCUT2D eigenvalue weighted by atomic mass is 32.1. The monoisotopic (exact) mass is 372 g/mol. The minimum Gasteiger partial charge on any atom is -0.380 e. The number of aryl methyl sites for hydroxylation is 1. The van der Waals surface area contributed by atoms with Gasteiger partial charge in [-0.3, -0.25) is 14.6 Å². The molecule has 0 aliphatic rings. The Morgan fingerprint density at radius 1 is 1.27 bits per heavy atom. The summed E-state index contributed by atoms with van der Waals surface area (Å²) in [5, 5.41) is 5.82. The van der Waals surface area contributed by atoms with Gasteiger partial charge in [0.25, 0.3) is 5.91 Å². The fraction of sp³-hybridized carbons (Fsp3) is 0.167. The number of pyridine rings is 1. The number of nitrogens with zero attached hydrogens (tertiary/aromatic N) is 2. The van der Waals surface area contributed by atoms with Gasteiger partial charge in [-0.05, 0) is 36.8 Å². The lowest BCUT2D eigenvalue weighted by Gasteiger charge is -2.13. The first-order valence-corrected chi connectivity index (χ1v) is 8.76. The Bertz CT molecular complexity index is 886. The number of amides is 1. The van der Waals surface area contributed by atoms with Gasteiger partial charge >= 0.3 is 0 Å². The molecule has 1 amide bonds. The van der Waals surface area contributed by atoms with Crippen LogP contribution >= 0.6 is 11.3 Å². The van der Waals surface area contributed by atoms with Crippen molar-refractivity contribution in [1.82, 2.24) is 15.4 Å². The number of carbonyl (C=O) groups excluding carboxylic acids is 1. The lowest BCUT2D eigenvalue weighted by molar-refractivity contribution is 0.0221. The van der Waals surface area contributed by atoms with Crippen LogP contribution in [-0.4, -0.2) is 15.9 Å². The van der Waals surface area contributed by atoms with Gasteiger partial charge in [-0.15, -0.1) is 11.3 Å². The van der Waals surface area contributed by atoms with Crippen LogP contribution in [0.15, 0.2) is 48.1 Å². The van der Waals surface area contributed by atoms with Crippen molar-refractivity contribution < 1.29 is 14.0 Å². The Morgan fingerprint density at radius 3 is 2.81 bits per heavy atom. The van der Waals surface area contributed by atoms with E-state index in [-0.39, 0.29) is 12.2 Å². The van der Waals surface area contributed by atoms with Crippen LogP contribution in [0.1, 0.15) is 26.6 Å². The Labute approximate surface area is 154 Å². The minimum absolute atomic E-state index is 0.101. The van der Waals surface area contributed by atoms with E-state index in [0.29, 0.717) is 17.9 Å². The molecule has 0 unspecified atom stereocenters. The van der Waals surface area contributed by atoms with E-state index < -0.39 is 11.7 Å². The van der Waals surface area contributed by atoms with Crippen molar-refractivity contribution in [3.63, 3.8) is 0 Å². The molecule has 0 aliphatic heterocycles. The summed E-state index contributed by atoms with van der Waals surface area (Å²) in [6, 6.07) is 8.09. The maximum atomic E-state index is 14.2. The van der Waals surface area contributed by atoms with Gasteiger partial charge in [0.15, 0.2) is 0 Å². The number of aromatic nitrogens is 2. The summed E-state index contributed by atoms with van der Waals surface area (Å²) in [7, 11) is 0. The predicted octanol–water partition coefficient (Wildman–Crippen LogP) is 3.46. The number of rotatable bonds is 7. The molecule has 0 saturated heterocycles. The molecule has 2 heterocycles. The molecule has 8 heteroatoms. The summed E-state index contributed by atoms with van der Waals surface area (Å²) in [6.07, 6.45) is 3.34. The van der Waals surface area contributed by atoms with Crippen molar-refractivity contribution in [3.05, 3.63) is 75.8 Å². The summed E-state index contributed by atoms with van der Waals surface area (Å²) in [6.45, 7) is 2.43. The number of carbonyl (C=O) groups is 1. The zero-order chi connectivity index (χ0) is 18.4. The molecule has 2 N–H and O–H groups in total. The fourth-order valence-corrected chi connectivity index (χ4v) is 2.90. The molecule has 0 saturated carbocycles. The number of benzene rings is 1. The Morgan fingerprint density at radius 2 is 2.08 bits per heavy atom. The highest BCUT2D eigenvalue weighted by Crippen LogP contribution is 2.20. The second kappa shape index (κ2) is 8.50. The smallest absolute Gasteiger partial charge is 0.279 e. The molecule has 0 bridgehead atoms. The topological polar surface area (TPSA) is 76.1 Å². The van der Waals surface area contributed by atoms with Crippen molar-refractivity contribution in [3.8, 4) is 0 Å². The number of hydrogen-bond acceptors (Lipinski definition) is 6. The number of anilines is 1. The molecule has 0 atom stereocenters. The van der Waals surface area contributed by atoms with Crippen molar-refractivity contribution in [2.75, 3.05) is 5.32 Å². The number of hydrogen-bond donors (Lipinski definition) is 2. The van der Waals surface area contributed by atoms with E-state index in [9.17, 15) is 9.18 Å². The zero-order valence-electron chi connectivity index (χ0n) is 14.0. The summed E-state index contributed by atoms with van der Waals surface area (Å²) < 4.78 is 14.2. The van der Waals surface area contributed by atoms with Crippen LogP contribution in [-0.2, 0) is 18.0 Å². The van der Waals surface area contributed by atoms with Gasteiger partial charge in [-0.1, -0.05) is 6.07 Å². The second-order valence-corrected chi connectivity index (χ2v) is 6.51. The predicted molar refractivity (Wildman–Crippen MR) is 97.1 cm³/mol. The van der Waals surface area contributed by atoms with Gasteiger partial charge in [-0.25, -0.2) is 14.9 Å². The van der Waals surface area contributed by atoms with Gasteiger partial charge in [0.2, 0.25) is 0 Å². The molecule has 0 aliphatic carbocycles. The van der Waals surface area contributed by atoms with Crippen LogP contribution in [0.3, 0.4) is 0 Å². The van der Waals surface area contributed by atoms with Crippen molar-refractivity contribution in [2.45, 2.75) is 20.1 Å². The van der Waals surface area contributed by atoms with Crippen LogP contribution in [0, 0.1) is 12.7 Å². The third-order valence-electron chi connectivity index (χ3n) is 3.52. The van der Waals surface area contributed by atoms with Gasteiger partial charge < -0.3 is 5.32 Å². The first-order chi connectivity index (χ1) is 12.6. The Hall–Kier alpha value is -2.84. The molecular weight excluding hydrogens is 355 g/mol. The lowest BCUT2D eigenvalue weighted by Crippen LogP contribution is -2.25. The van der Waals surface area contributed by atoms with Crippen LogP contribution in [0.4, 0.5) is 10.1 Å². The zero-order valence-corrected chi connectivity index (χ0v) is 14.8. The molecule has 1 aromatic carbocycles. The molecular formula is C18H17FN4O2S. The third kappa shape index (κ3) is 4.62. The van der Waals surface area contributed by atoms with Gasteiger partial charge in [0, 0.05) is 24.3 Å². The van der Waals surface area contributed by atoms with E-state index in [4.69, 9.17) is 4.84 Å². The van der Waals surface area contributed by atoms with E-state index in [1.54, 1.807) is 24.5 Å². The van der Waals surface area contributed by atoms with Gasteiger partial charge in [-0.2, -0.15) is 0 Å². The molecule has 3 aromatic rings. The highest BCUT2D eigenvalue weighted by Gasteiger charge is 2.17. The van der Waals surface area contributed by atoms with Crippen LogP contribution in [0.2, 0.25) is 0 Å². The molecule has 3 rings (SSSR count). The van der Waals surface area contributed by atoms with Gasteiger partial charge in [0.1, 0.15) is 18.0 Å². The maximum absolute atomic E-state index is 14.2. The maximum Gasteiger partial charge on any atom is 0.279 e. The minimum atomic E-state index is -0.660. The molecule has 0 spiro atoms. The molecule has 2 aromatic heterocycles. The van der Waals surface area contributed by atoms with E-state index in [2.05, 4.69) is 20.8 Å². The first-order valence-electron chi connectivity index (χ1n) is 7.88. The van der Waals surface area contributed by atoms with Crippen molar-refractivity contribution >= 4 is 22.9 Å². The first kappa shape index (κ1) is 18.0. The van der Waals surface area contributed by atoms with Crippen molar-refractivity contribution in [1.29, 1.82) is 0 Å². The van der Waals surface area contributed by atoms with Crippen LogP contribution in [0.25, 0.3) is 0 Å². The molecule has 6 nitrogen and oxygen atoms in total. The Kier molecular flexibility index (Phi) is 5.88. The molecule has 0 radical (unpaired) electrons. The Balaban J connectivity index is 1.64. The summed E-state index contributed by atoms with van der Waals surface area (Å²) in [5.41, 5.74) is 4.22. The van der Waals surface area contributed by atoms with Crippen LogP contribution in [0.5, 0.6) is 0 Å². The quantitative estimate of drug-likeness (QED) is 0.621. The van der Waals surface area contributed by atoms with E-state index in [1.165, 1.54) is 17.4 Å². The SMILES string of the molecule is Cc1nc(CONC(=O)c2c(F)cccc2NCc2ccncc2)cs1. The molecule has 134 valence electrons.